The van der Waals surface area contributed by atoms with Crippen molar-refractivity contribution in [2.24, 2.45) is 0 Å². The summed E-state index contributed by atoms with van der Waals surface area (Å²) in [5.74, 6) is 0.755. The first-order valence-electron chi connectivity index (χ1n) is 8.06. The molecule has 1 aliphatic heterocycles. The molecule has 0 atom stereocenters. The molecule has 0 radical (unpaired) electrons. The van der Waals surface area contributed by atoms with Crippen LogP contribution in [0, 0.1) is 0 Å². The van der Waals surface area contributed by atoms with Crippen molar-refractivity contribution in [3.05, 3.63) is 23.8 Å². The van der Waals surface area contributed by atoms with Crippen molar-refractivity contribution in [3.8, 4) is 5.75 Å². The minimum atomic E-state index is -0.288. The summed E-state index contributed by atoms with van der Waals surface area (Å²) in [5, 5.41) is 0. The van der Waals surface area contributed by atoms with Crippen LogP contribution in [0.15, 0.2) is 18.2 Å². The van der Waals surface area contributed by atoms with Gasteiger partial charge >= 0.3 is 0 Å². The van der Waals surface area contributed by atoms with Crippen LogP contribution in [0.25, 0.3) is 0 Å². The van der Waals surface area contributed by atoms with Crippen molar-refractivity contribution in [1.82, 2.24) is 0 Å². The van der Waals surface area contributed by atoms with Gasteiger partial charge in [0.15, 0.2) is 6.29 Å². The maximum Gasteiger partial charge on any atom is 0.183 e. The van der Waals surface area contributed by atoms with Gasteiger partial charge in [-0.15, -0.1) is 0 Å². The lowest BCUT2D eigenvalue weighted by Gasteiger charge is -2.24. The number of hydrogen-bond donors (Lipinski definition) is 1. The Labute approximate surface area is 127 Å². The van der Waals surface area contributed by atoms with Crippen LogP contribution in [-0.2, 0) is 9.47 Å². The summed E-state index contributed by atoms with van der Waals surface area (Å²) in [6.45, 7) is 4.42. The lowest BCUT2D eigenvalue weighted by molar-refractivity contribution is -0.183. The normalized spacial score (nSPS) is 16.0. The Morgan fingerprint density at radius 2 is 1.90 bits per heavy atom. The van der Waals surface area contributed by atoms with Gasteiger partial charge in [-0.05, 0) is 25.0 Å². The van der Waals surface area contributed by atoms with Gasteiger partial charge in [0.25, 0.3) is 0 Å². The maximum atomic E-state index is 6.05. The Balaban J connectivity index is 1.78. The summed E-state index contributed by atoms with van der Waals surface area (Å²) in [5.41, 5.74) is 7.67. The number of anilines is 1. The molecular formula is C17H27NO3. The number of nitrogens with two attached hydrogens (primary N) is 1. The molecule has 1 saturated heterocycles. The summed E-state index contributed by atoms with van der Waals surface area (Å²) in [4.78, 5) is 0. The van der Waals surface area contributed by atoms with Gasteiger partial charge in [-0.3, -0.25) is 0 Å². The van der Waals surface area contributed by atoms with Gasteiger partial charge in [0.2, 0.25) is 0 Å². The van der Waals surface area contributed by atoms with E-state index in [0.29, 0.717) is 5.69 Å². The van der Waals surface area contributed by atoms with Gasteiger partial charge in [-0.2, -0.15) is 0 Å². The minimum absolute atomic E-state index is 0.288. The average molecular weight is 293 g/mol. The SMILES string of the molecule is CCCCCCCOc1ccc(C2OCCCO2)cc1N. The minimum Gasteiger partial charge on any atom is -0.491 e. The molecule has 1 fully saturated rings. The van der Waals surface area contributed by atoms with Crippen LogP contribution in [0.2, 0.25) is 0 Å². The average Bonchev–Trinajstić information content (AvgIpc) is 2.53. The molecule has 0 bridgehead atoms. The third kappa shape index (κ3) is 5.21. The zero-order valence-corrected chi connectivity index (χ0v) is 13.0. The van der Waals surface area contributed by atoms with E-state index in [2.05, 4.69) is 6.92 Å². The van der Waals surface area contributed by atoms with Crippen molar-refractivity contribution in [2.45, 2.75) is 51.7 Å². The fourth-order valence-electron chi connectivity index (χ4n) is 2.41. The Hall–Kier alpha value is -1.26. The van der Waals surface area contributed by atoms with Crippen LogP contribution < -0.4 is 10.5 Å². The molecule has 0 amide bonds. The standard InChI is InChI=1S/C17H27NO3/c1-2-3-4-5-6-10-19-16-9-8-14(13-15(16)18)17-20-11-7-12-21-17/h8-9,13,17H,2-7,10-12,18H2,1H3. The molecule has 0 spiro atoms. The highest BCUT2D eigenvalue weighted by atomic mass is 16.7. The molecule has 21 heavy (non-hydrogen) atoms. The maximum absolute atomic E-state index is 6.05. The second-order valence-electron chi connectivity index (χ2n) is 5.49. The molecule has 0 saturated carbocycles. The zero-order valence-electron chi connectivity index (χ0n) is 13.0. The fraction of sp³-hybridized carbons (Fsp3) is 0.647. The quantitative estimate of drug-likeness (QED) is 0.580. The highest BCUT2D eigenvalue weighted by Crippen LogP contribution is 2.29. The highest BCUT2D eigenvalue weighted by molar-refractivity contribution is 5.54. The number of nitrogen functional groups attached to an aromatic ring is 1. The topological polar surface area (TPSA) is 53.7 Å². The fourth-order valence-corrected chi connectivity index (χ4v) is 2.41. The zero-order chi connectivity index (χ0) is 14.9. The van der Waals surface area contributed by atoms with Gasteiger partial charge in [0, 0.05) is 5.56 Å². The first-order chi connectivity index (χ1) is 10.3. The largest absolute Gasteiger partial charge is 0.491 e. The van der Waals surface area contributed by atoms with Gasteiger partial charge in [-0.1, -0.05) is 38.7 Å². The van der Waals surface area contributed by atoms with E-state index >= 15 is 0 Å². The summed E-state index contributed by atoms with van der Waals surface area (Å²) in [6, 6.07) is 5.78. The van der Waals surface area contributed by atoms with E-state index in [0.717, 1.165) is 44.0 Å². The van der Waals surface area contributed by atoms with E-state index in [4.69, 9.17) is 19.9 Å². The summed E-state index contributed by atoms with van der Waals surface area (Å²) in [7, 11) is 0. The summed E-state index contributed by atoms with van der Waals surface area (Å²) >= 11 is 0. The Kier molecular flexibility index (Phi) is 6.83. The van der Waals surface area contributed by atoms with E-state index in [1.54, 1.807) is 0 Å². The third-order valence-corrected chi connectivity index (χ3v) is 3.64. The molecule has 1 aromatic carbocycles. The van der Waals surface area contributed by atoms with Crippen LogP contribution in [0.4, 0.5) is 5.69 Å². The molecule has 0 aliphatic carbocycles. The Morgan fingerprint density at radius 1 is 1.14 bits per heavy atom. The predicted octanol–water partition coefficient (Wildman–Crippen LogP) is 4.05. The van der Waals surface area contributed by atoms with Crippen molar-refractivity contribution in [1.29, 1.82) is 0 Å². The molecule has 4 heteroatoms. The van der Waals surface area contributed by atoms with E-state index in [1.807, 2.05) is 18.2 Å². The number of ether oxygens (including phenoxy) is 3. The van der Waals surface area contributed by atoms with Gasteiger partial charge < -0.3 is 19.9 Å². The Morgan fingerprint density at radius 3 is 2.62 bits per heavy atom. The lowest BCUT2D eigenvalue weighted by Crippen LogP contribution is -2.17. The molecule has 118 valence electrons. The monoisotopic (exact) mass is 293 g/mol. The number of unbranched alkanes of at least 4 members (excludes halogenated alkanes) is 4. The van der Waals surface area contributed by atoms with E-state index < -0.39 is 0 Å². The molecule has 1 aromatic rings. The highest BCUT2D eigenvalue weighted by Gasteiger charge is 2.17. The van der Waals surface area contributed by atoms with E-state index in [-0.39, 0.29) is 6.29 Å². The van der Waals surface area contributed by atoms with Crippen molar-refractivity contribution < 1.29 is 14.2 Å². The Bertz CT molecular complexity index is 416. The third-order valence-electron chi connectivity index (χ3n) is 3.64. The van der Waals surface area contributed by atoms with Crippen LogP contribution in [0.1, 0.15) is 57.3 Å². The van der Waals surface area contributed by atoms with Crippen molar-refractivity contribution >= 4 is 5.69 Å². The lowest BCUT2D eigenvalue weighted by atomic mass is 10.1. The molecule has 2 rings (SSSR count). The van der Waals surface area contributed by atoms with Crippen molar-refractivity contribution in [2.75, 3.05) is 25.6 Å². The summed E-state index contributed by atoms with van der Waals surface area (Å²) < 4.78 is 16.9. The van der Waals surface area contributed by atoms with Gasteiger partial charge in [-0.25, -0.2) is 0 Å². The van der Waals surface area contributed by atoms with E-state index in [1.165, 1.54) is 25.7 Å². The number of hydrogen-bond acceptors (Lipinski definition) is 4. The molecule has 1 aliphatic rings. The molecule has 0 aromatic heterocycles. The predicted molar refractivity (Wildman–Crippen MR) is 84.4 cm³/mol. The molecule has 4 nitrogen and oxygen atoms in total. The smallest absolute Gasteiger partial charge is 0.183 e. The number of rotatable bonds is 8. The van der Waals surface area contributed by atoms with Crippen LogP contribution >= 0.6 is 0 Å². The summed E-state index contributed by atoms with van der Waals surface area (Å²) in [6.07, 6.45) is 6.81. The first-order valence-corrected chi connectivity index (χ1v) is 8.06. The van der Waals surface area contributed by atoms with Crippen LogP contribution in [0.5, 0.6) is 5.75 Å². The second-order valence-corrected chi connectivity index (χ2v) is 5.49. The van der Waals surface area contributed by atoms with Crippen molar-refractivity contribution in [3.63, 3.8) is 0 Å². The first kappa shape index (κ1) is 16.1. The van der Waals surface area contributed by atoms with Gasteiger partial charge in [0.1, 0.15) is 5.75 Å². The molecule has 2 N–H and O–H groups in total. The molecule has 0 unspecified atom stereocenters. The second kappa shape index (κ2) is 8.90. The van der Waals surface area contributed by atoms with Gasteiger partial charge in [0.05, 0.1) is 25.5 Å². The molecule has 1 heterocycles. The molecular weight excluding hydrogens is 266 g/mol. The number of benzene rings is 1. The van der Waals surface area contributed by atoms with E-state index in [9.17, 15) is 0 Å². The van der Waals surface area contributed by atoms with Crippen LogP contribution in [-0.4, -0.2) is 19.8 Å². The van der Waals surface area contributed by atoms with Crippen LogP contribution in [0.3, 0.4) is 0 Å².